The Balaban J connectivity index is 2.68. The maximum Gasteiger partial charge on any atom is 0.248 e. The zero-order chi connectivity index (χ0) is 17.6. The summed E-state index contributed by atoms with van der Waals surface area (Å²) >= 11 is 0. The van der Waals surface area contributed by atoms with Crippen molar-refractivity contribution >= 4 is 5.91 Å². The Bertz CT molecular complexity index is 433. The number of hydrogen-bond acceptors (Lipinski definition) is 5. The molecule has 0 radical (unpaired) electrons. The van der Waals surface area contributed by atoms with Crippen molar-refractivity contribution in [3.05, 3.63) is 22.9 Å². The average Bonchev–Trinajstić information content (AvgIpc) is 2.60. The quantitative estimate of drug-likeness (QED) is 0.370. The molecule has 24 heavy (non-hydrogen) atoms. The van der Waals surface area contributed by atoms with Gasteiger partial charge in [-0.1, -0.05) is 0 Å². The summed E-state index contributed by atoms with van der Waals surface area (Å²) in [5.41, 5.74) is 3.19. The Morgan fingerprint density at radius 1 is 1.12 bits per heavy atom. The summed E-state index contributed by atoms with van der Waals surface area (Å²) in [4.78, 5) is 12.5. The van der Waals surface area contributed by atoms with Gasteiger partial charge >= 0.3 is 0 Å². The molecule has 1 aliphatic rings. The largest absolute Gasteiger partial charge is 0.388 e. The number of ether oxygens (including phenoxy) is 2. The van der Waals surface area contributed by atoms with E-state index in [1.807, 2.05) is 7.05 Å². The van der Waals surface area contributed by atoms with Crippen LogP contribution in [0.5, 0.6) is 0 Å². The van der Waals surface area contributed by atoms with Gasteiger partial charge in [0.1, 0.15) is 0 Å². The highest BCUT2D eigenvalue weighted by Gasteiger charge is 2.16. The molecule has 0 aromatic rings. The topological polar surface area (TPSA) is 71.6 Å². The average molecular weight is 339 g/mol. The van der Waals surface area contributed by atoms with Crippen molar-refractivity contribution in [2.75, 3.05) is 54.1 Å². The highest BCUT2D eigenvalue weighted by molar-refractivity contribution is 5.95. The molecular weight excluding hydrogens is 306 g/mol. The molecule has 0 aliphatic heterocycles. The third-order valence-corrected chi connectivity index (χ3v) is 3.94. The first kappa shape index (κ1) is 20.7. The van der Waals surface area contributed by atoms with Crippen LogP contribution in [0.25, 0.3) is 0 Å². The number of carbonyl (C=O) groups excluding carboxylic acids is 1. The molecule has 138 valence electrons. The molecule has 0 saturated heterocycles. The molecule has 0 heterocycles. The third-order valence-electron chi connectivity index (χ3n) is 3.94. The van der Waals surface area contributed by atoms with E-state index in [-0.39, 0.29) is 5.91 Å². The predicted molar refractivity (Wildman–Crippen MR) is 96.9 cm³/mol. The van der Waals surface area contributed by atoms with Crippen molar-refractivity contribution < 1.29 is 14.3 Å². The molecule has 0 fully saturated rings. The van der Waals surface area contributed by atoms with Crippen molar-refractivity contribution in [1.29, 1.82) is 0 Å². The van der Waals surface area contributed by atoms with Gasteiger partial charge in [0.05, 0.1) is 0 Å². The predicted octanol–water partition coefficient (Wildman–Crippen LogP) is 1.35. The minimum Gasteiger partial charge on any atom is -0.388 e. The van der Waals surface area contributed by atoms with Crippen LogP contribution in [-0.4, -0.2) is 60.0 Å². The summed E-state index contributed by atoms with van der Waals surface area (Å²) in [6.07, 6.45) is 7.02. The Morgan fingerprint density at radius 3 is 2.50 bits per heavy atom. The van der Waals surface area contributed by atoms with Crippen molar-refractivity contribution in [1.82, 2.24) is 16.0 Å². The van der Waals surface area contributed by atoms with Gasteiger partial charge in [0.2, 0.25) is 5.91 Å². The maximum atomic E-state index is 12.5. The number of rotatable bonds is 12. The molecule has 3 N–H and O–H groups in total. The maximum absolute atomic E-state index is 12.5. The van der Waals surface area contributed by atoms with Gasteiger partial charge in [-0.05, 0) is 50.8 Å². The highest BCUT2D eigenvalue weighted by Crippen LogP contribution is 2.23. The van der Waals surface area contributed by atoms with Gasteiger partial charge in [-0.15, -0.1) is 0 Å². The van der Waals surface area contributed by atoms with Crippen LogP contribution in [0.1, 0.15) is 32.1 Å². The lowest BCUT2D eigenvalue weighted by molar-refractivity contribution is -0.117. The van der Waals surface area contributed by atoms with Crippen LogP contribution in [0.2, 0.25) is 0 Å². The molecule has 0 spiro atoms. The first-order valence-electron chi connectivity index (χ1n) is 8.80. The van der Waals surface area contributed by atoms with Crippen LogP contribution in [0, 0.1) is 0 Å². The fraction of sp³-hybridized carbons (Fsp3) is 0.722. The smallest absolute Gasteiger partial charge is 0.248 e. The van der Waals surface area contributed by atoms with Crippen LogP contribution in [0.15, 0.2) is 22.9 Å². The minimum absolute atomic E-state index is 0.0207. The van der Waals surface area contributed by atoms with Crippen LogP contribution in [-0.2, 0) is 14.3 Å². The molecule has 0 aromatic heterocycles. The van der Waals surface area contributed by atoms with E-state index in [2.05, 4.69) is 22.0 Å². The van der Waals surface area contributed by atoms with E-state index in [4.69, 9.17) is 9.47 Å². The number of amides is 1. The van der Waals surface area contributed by atoms with Crippen molar-refractivity contribution in [2.24, 2.45) is 0 Å². The van der Waals surface area contributed by atoms with Gasteiger partial charge in [0, 0.05) is 58.3 Å². The van der Waals surface area contributed by atoms with Gasteiger partial charge < -0.3 is 25.4 Å². The van der Waals surface area contributed by atoms with E-state index < -0.39 is 0 Å². The van der Waals surface area contributed by atoms with Crippen molar-refractivity contribution in [2.45, 2.75) is 32.1 Å². The fourth-order valence-electron chi connectivity index (χ4n) is 2.71. The number of hydrogen-bond donors (Lipinski definition) is 3. The first-order chi connectivity index (χ1) is 11.7. The number of allylic oxidation sites excluding steroid dienone is 3. The zero-order valence-corrected chi connectivity index (χ0v) is 15.4. The molecule has 1 rings (SSSR count). The van der Waals surface area contributed by atoms with E-state index >= 15 is 0 Å². The third kappa shape index (κ3) is 7.95. The standard InChI is InChI=1S/C18H33N3O3/c1-19-14-17(18(22)21-10-6-12-24-3)15-7-4-8-16(13-15)20-9-5-11-23-2/h13,19-20H,4-12,14H2,1-3H3,(H,21,22)/b17-15-. The Morgan fingerprint density at radius 2 is 1.83 bits per heavy atom. The fourth-order valence-corrected chi connectivity index (χ4v) is 2.71. The lowest BCUT2D eigenvalue weighted by Crippen LogP contribution is -2.32. The normalized spacial score (nSPS) is 16.5. The Labute approximate surface area is 146 Å². The van der Waals surface area contributed by atoms with Crippen molar-refractivity contribution in [3.8, 4) is 0 Å². The summed E-state index contributed by atoms with van der Waals surface area (Å²) in [5, 5.41) is 9.56. The lowest BCUT2D eigenvalue weighted by atomic mass is 9.94. The Hall–Kier alpha value is -1.37. The van der Waals surface area contributed by atoms with Gasteiger partial charge in [0.15, 0.2) is 0 Å². The van der Waals surface area contributed by atoms with Crippen LogP contribution >= 0.6 is 0 Å². The van der Waals surface area contributed by atoms with Gasteiger partial charge in [-0.2, -0.15) is 0 Å². The molecule has 0 unspecified atom stereocenters. The molecule has 6 nitrogen and oxygen atoms in total. The zero-order valence-electron chi connectivity index (χ0n) is 15.4. The number of nitrogens with one attached hydrogen (secondary N) is 3. The molecule has 0 bridgehead atoms. The van der Waals surface area contributed by atoms with E-state index in [9.17, 15) is 4.79 Å². The number of likely N-dealkylation sites (N-methyl/N-ethyl adjacent to an activating group) is 1. The van der Waals surface area contributed by atoms with E-state index in [1.54, 1.807) is 14.2 Å². The summed E-state index contributed by atoms with van der Waals surface area (Å²) in [6.45, 7) is 3.54. The molecule has 1 amide bonds. The summed E-state index contributed by atoms with van der Waals surface area (Å²) in [7, 11) is 5.26. The van der Waals surface area contributed by atoms with E-state index in [0.29, 0.717) is 19.7 Å². The molecule has 1 aliphatic carbocycles. The van der Waals surface area contributed by atoms with Gasteiger partial charge in [0.25, 0.3) is 0 Å². The van der Waals surface area contributed by atoms with E-state index in [1.165, 1.54) is 5.70 Å². The molecular formula is C18H33N3O3. The van der Waals surface area contributed by atoms with E-state index in [0.717, 1.165) is 56.4 Å². The molecule has 0 atom stereocenters. The molecule has 6 heteroatoms. The monoisotopic (exact) mass is 339 g/mol. The Kier molecular flexibility index (Phi) is 11.2. The summed E-state index contributed by atoms with van der Waals surface area (Å²) < 4.78 is 10.1. The summed E-state index contributed by atoms with van der Waals surface area (Å²) in [5.74, 6) is 0.0207. The van der Waals surface area contributed by atoms with Crippen LogP contribution < -0.4 is 16.0 Å². The lowest BCUT2D eigenvalue weighted by Gasteiger charge is -2.20. The molecule has 0 saturated carbocycles. The second-order valence-electron chi connectivity index (χ2n) is 5.93. The van der Waals surface area contributed by atoms with Crippen LogP contribution in [0.3, 0.4) is 0 Å². The summed E-state index contributed by atoms with van der Waals surface area (Å²) in [6, 6.07) is 0. The van der Waals surface area contributed by atoms with Crippen LogP contribution in [0.4, 0.5) is 0 Å². The van der Waals surface area contributed by atoms with Crippen molar-refractivity contribution in [3.63, 3.8) is 0 Å². The second-order valence-corrected chi connectivity index (χ2v) is 5.93. The SMILES string of the molecule is CNC/C(C(=O)NCCCOC)=C1/C=C(NCCCOC)CCC1. The minimum atomic E-state index is 0.0207. The highest BCUT2D eigenvalue weighted by atomic mass is 16.5. The second kappa shape index (κ2) is 13.0. The number of methoxy groups -OCH3 is 2. The number of carbonyl (C=O) groups is 1. The van der Waals surface area contributed by atoms with Gasteiger partial charge in [-0.25, -0.2) is 0 Å². The first-order valence-corrected chi connectivity index (χ1v) is 8.80. The molecule has 0 aromatic carbocycles. The van der Waals surface area contributed by atoms with Gasteiger partial charge in [-0.3, -0.25) is 4.79 Å².